The number of carbonyl (C=O) groups is 2. The van der Waals surface area contributed by atoms with Crippen molar-refractivity contribution in [2.45, 2.75) is 32.7 Å². The lowest BCUT2D eigenvalue weighted by atomic mass is 10.1. The Kier molecular flexibility index (Phi) is 7.49. The predicted molar refractivity (Wildman–Crippen MR) is 104 cm³/mol. The second-order valence-corrected chi connectivity index (χ2v) is 6.91. The van der Waals surface area contributed by atoms with Crippen molar-refractivity contribution in [3.8, 4) is 5.75 Å². The van der Waals surface area contributed by atoms with Crippen LogP contribution in [-0.2, 0) is 16.0 Å². The lowest BCUT2D eigenvalue weighted by Gasteiger charge is -2.15. The molecule has 2 rings (SSSR count). The molecular weight excluding hydrogens is 373 g/mol. The molecule has 0 heterocycles. The van der Waals surface area contributed by atoms with Crippen molar-refractivity contribution in [2.75, 3.05) is 6.61 Å². The zero-order valence-electron chi connectivity index (χ0n) is 14.7. The van der Waals surface area contributed by atoms with Crippen molar-refractivity contribution < 1.29 is 14.3 Å². The topological polar surface area (TPSA) is 55.4 Å². The van der Waals surface area contributed by atoms with Crippen LogP contribution in [0.1, 0.15) is 37.4 Å². The zero-order valence-corrected chi connectivity index (χ0v) is 16.2. The SMILES string of the molecule is CC(=O)CCc1ccc(OCC(=O)NC(C)c2ccc(Cl)c(Cl)c2)cc1. The van der Waals surface area contributed by atoms with Crippen LogP contribution in [0.5, 0.6) is 5.75 Å². The van der Waals surface area contributed by atoms with Crippen molar-refractivity contribution in [1.29, 1.82) is 0 Å². The molecule has 0 saturated heterocycles. The van der Waals surface area contributed by atoms with Crippen LogP contribution >= 0.6 is 23.2 Å². The molecule has 138 valence electrons. The summed E-state index contributed by atoms with van der Waals surface area (Å²) >= 11 is 11.9. The van der Waals surface area contributed by atoms with Gasteiger partial charge in [-0.2, -0.15) is 0 Å². The van der Waals surface area contributed by atoms with Crippen LogP contribution in [0.25, 0.3) is 0 Å². The molecule has 1 unspecified atom stereocenters. The largest absolute Gasteiger partial charge is 0.484 e. The molecule has 6 heteroatoms. The molecule has 0 aliphatic carbocycles. The number of benzene rings is 2. The highest BCUT2D eigenvalue weighted by Gasteiger charge is 2.11. The number of hydrogen-bond acceptors (Lipinski definition) is 3. The third-order valence-electron chi connectivity index (χ3n) is 3.88. The standard InChI is InChI=1S/C20H21Cl2NO3/c1-13(24)3-4-15-5-8-17(9-6-15)26-12-20(25)23-14(2)16-7-10-18(21)19(22)11-16/h5-11,14H,3-4,12H2,1-2H3,(H,23,25). The van der Waals surface area contributed by atoms with Crippen LogP contribution in [0.4, 0.5) is 0 Å². The van der Waals surface area contributed by atoms with Gasteiger partial charge in [0.1, 0.15) is 11.5 Å². The lowest BCUT2D eigenvalue weighted by Crippen LogP contribution is -2.31. The summed E-state index contributed by atoms with van der Waals surface area (Å²) in [5.74, 6) is 0.538. The van der Waals surface area contributed by atoms with Gasteiger partial charge in [0.15, 0.2) is 6.61 Å². The Morgan fingerprint density at radius 3 is 2.38 bits per heavy atom. The smallest absolute Gasteiger partial charge is 0.258 e. The molecule has 0 radical (unpaired) electrons. The second-order valence-electron chi connectivity index (χ2n) is 6.10. The number of rotatable bonds is 8. The Morgan fingerprint density at radius 1 is 1.08 bits per heavy atom. The van der Waals surface area contributed by atoms with E-state index in [1.165, 1.54) is 0 Å². The number of halogens is 2. The maximum absolute atomic E-state index is 12.1. The number of ether oxygens (including phenoxy) is 1. The van der Waals surface area contributed by atoms with Crippen molar-refractivity contribution >= 4 is 34.9 Å². The quantitative estimate of drug-likeness (QED) is 0.702. The van der Waals surface area contributed by atoms with Gasteiger partial charge in [-0.3, -0.25) is 4.79 Å². The molecule has 0 spiro atoms. The molecule has 0 aromatic heterocycles. The van der Waals surface area contributed by atoms with E-state index in [1.54, 1.807) is 31.2 Å². The van der Waals surface area contributed by atoms with Crippen molar-refractivity contribution in [2.24, 2.45) is 0 Å². The lowest BCUT2D eigenvalue weighted by molar-refractivity contribution is -0.123. The van der Waals surface area contributed by atoms with Gasteiger partial charge in [-0.05, 0) is 55.7 Å². The molecule has 0 aliphatic rings. The molecule has 26 heavy (non-hydrogen) atoms. The minimum atomic E-state index is -0.232. The van der Waals surface area contributed by atoms with Gasteiger partial charge in [0.25, 0.3) is 5.91 Å². The zero-order chi connectivity index (χ0) is 19.1. The molecule has 1 N–H and O–H groups in total. The number of aryl methyl sites for hydroxylation is 1. The summed E-state index contributed by atoms with van der Waals surface area (Å²) in [5.41, 5.74) is 1.92. The highest BCUT2D eigenvalue weighted by atomic mass is 35.5. The van der Waals surface area contributed by atoms with E-state index >= 15 is 0 Å². The summed E-state index contributed by atoms with van der Waals surface area (Å²) in [4.78, 5) is 23.1. The summed E-state index contributed by atoms with van der Waals surface area (Å²) < 4.78 is 5.50. The molecular formula is C20H21Cl2NO3. The van der Waals surface area contributed by atoms with Gasteiger partial charge in [0.05, 0.1) is 16.1 Å². The van der Waals surface area contributed by atoms with Crippen LogP contribution in [0.3, 0.4) is 0 Å². The third-order valence-corrected chi connectivity index (χ3v) is 4.62. The highest BCUT2D eigenvalue weighted by molar-refractivity contribution is 6.42. The van der Waals surface area contributed by atoms with E-state index in [4.69, 9.17) is 27.9 Å². The minimum Gasteiger partial charge on any atom is -0.484 e. The van der Waals surface area contributed by atoms with E-state index in [-0.39, 0.29) is 24.3 Å². The van der Waals surface area contributed by atoms with Gasteiger partial charge < -0.3 is 14.8 Å². The summed E-state index contributed by atoms with van der Waals surface area (Å²) in [6.07, 6.45) is 1.23. The number of nitrogens with one attached hydrogen (secondary N) is 1. The third kappa shape index (κ3) is 6.36. The molecule has 4 nitrogen and oxygen atoms in total. The van der Waals surface area contributed by atoms with E-state index in [0.717, 1.165) is 11.1 Å². The molecule has 2 aromatic rings. The molecule has 2 aromatic carbocycles. The number of amides is 1. The summed E-state index contributed by atoms with van der Waals surface area (Å²) in [5, 5.41) is 3.78. The van der Waals surface area contributed by atoms with E-state index in [0.29, 0.717) is 28.6 Å². The van der Waals surface area contributed by atoms with E-state index in [2.05, 4.69) is 5.32 Å². The van der Waals surface area contributed by atoms with Crippen LogP contribution in [-0.4, -0.2) is 18.3 Å². The maximum Gasteiger partial charge on any atom is 0.258 e. The predicted octanol–water partition coefficient (Wildman–Crippen LogP) is 4.77. The van der Waals surface area contributed by atoms with Crippen LogP contribution in [0.15, 0.2) is 42.5 Å². The monoisotopic (exact) mass is 393 g/mol. The Balaban J connectivity index is 1.82. The molecule has 1 atom stereocenters. The van der Waals surface area contributed by atoms with Crippen LogP contribution in [0, 0.1) is 0 Å². The van der Waals surface area contributed by atoms with Crippen LogP contribution in [0.2, 0.25) is 10.0 Å². The highest BCUT2D eigenvalue weighted by Crippen LogP contribution is 2.25. The van der Waals surface area contributed by atoms with Gasteiger partial charge in [-0.25, -0.2) is 0 Å². The maximum atomic E-state index is 12.1. The number of Topliss-reactive ketones (excluding diaryl/α,β-unsaturated/α-hetero) is 1. The average molecular weight is 394 g/mol. The number of ketones is 1. The van der Waals surface area contributed by atoms with Crippen molar-refractivity contribution in [3.63, 3.8) is 0 Å². The first kappa shape index (κ1) is 20.3. The first-order valence-electron chi connectivity index (χ1n) is 8.30. The van der Waals surface area contributed by atoms with Crippen molar-refractivity contribution in [1.82, 2.24) is 5.32 Å². The second kappa shape index (κ2) is 9.60. The molecule has 0 bridgehead atoms. The summed E-state index contributed by atoms with van der Waals surface area (Å²) in [6.45, 7) is 3.36. The van der Waals surface area contributed by atoms with Crippen molar-refractivity contribution in [3.05, 3.63) is 63.6 Å². The average Bonchev–Trinajstić information content (AvgIpc) is 2.61. The van der Waals surface area contributed by atoms with E-state index in [1.807, 2.05) is 25.1 Å². The summed E-state index contributed by atoms with van der Waals surface area (Å²) in [6, 6.07) is 12.4. The molecule has 1 amide bonds. The van der Waals surface area contributed by atoms with Gasteiger partial charge in [0.2, 0.25) is 0 Å². The fourth-order valence-corrected chi connectivity index (χ4v) is 2.68. The molecule has 0 saturated carbocycles. The Hall–Kier alpha value is -2.04. The van der Waals surface area contributed by atoms with E-state index < -0.39 is 0 Å². The minimum absolute atomic E-state index is 0.0849. The molecule has 0 aliphatic heterocycles. The first-order valence-corrected chi connectivity index (χ1v) is 9.06. The van der Waals surface area contributed by atoms with Gasteiger partial charge in [-0.15, -0.1) is 0 Å². The van der Waals surface area contributed by atoms with Gasteiger partial charge >= 0.3 is 0 Å². The Bertz CT molecular complexity index is 775. The summed E-state index contributed by atoms with van der Waals surface area (Å²) in [7, 11) is 0. The van der Waals surface area contributed by atoms with Gasteiger partial charge in [-0.1, -0.05) is 41.4 Å². The van der Waals surface area contributed by atoms with E-state index in [9.17, 15) is 9.59 Å². The molecule has 0 fully saturated rings. The van der Waals surface area contributed by atoms with Crippen LogP contribution < -0.4 is 10.1 Å². The Morgan fingerprint density at radius 2 is 1.77 bits per heavy atom. The fraction of sp³-hybridized carbons (Fsp3) is 0.300. The fourth-order valence-electron chi connectivity index (χ4n) is 2.37. The first-order chi connectivity index (χ1) is 12.3. The normalized spacial score (nSPS) is 11.7. The van der Waals surface area contributed by atoms with Gasteiger partial charge in [0, 0.05) is 6.42 Å². The number of hydrogen-bond donors (Lipinski definition) is 1. The Labute approximate surface area is 163 Å². The number of carbonyl (C=O) groups excluding carboxylic acids is 2.